The molecule has 0 atom stereocenters. The molecule has 0 aliphatic rings. The van der Waals surface area contributed by atoms with Gasteiger partial charge in [0.2, 0.25) is 5.91 Å². The highest BCUT2D eigenvalue weighted by molar-refractivity contribution is 8.00. The summed E-state index contributed by atoms with van der Waals surface area (Å²) in [6.07, 6.45) is -1.31. The molecular formula is C13H13F3N4O2S. The molecule has 0 radical (unpaired) electrons. The second-order valence-corrected chi connectivity index (χ2v) is 5.60. The van der Waals surface area contributed by atoms with Crippen LogP contribution in [0.5, 0.6) is 0 Å². The third-order valence-corrected chi connectivity index (χ3v) is 3.82. The zero-order valence-electron chi connectivity index (χ0n) is 12.1. The molecule has 124 valence electrons. The van der Waals surface area contributed by atoms with Crippen LogP contribution in [0.15, 0.2) is 33.9 Å². The van der Waals surface area contributed by atoms with Crippen LogP contribution in [-0.4, -0.2) is 45.3 Å². The highest BCUT2D eigenvalue weighted by Crippen LogP contribution is 2.27. The summed E-state index contributed by atoms with van der Waals surface area (Å²) in [4.78, 5) is 21.4. The van der Waals surface area contributed by atoms with Gasteiger partial charge in [-0.05, 0) is 12.1 Å². The minimum Gasteiger partial charge on any atom is -0.345 e. The van der Waals surface area contributed by atoms with E-state index in [1.807, 2.05) is 0 Å². The van der Waals surface area contributed by atoms with Crippen LogP contribution in [-0.2, 0) is 17.4 Å². The van der Waals surface area contributed by atoms with Crippen molar-refractivity contribution in [3.05, 3.63) is 36.2 Å². The molecule has 0 bridgehead atoms. The summed E-state index contributed by atoms with van der Waals surface area (Å²) in [5.41, 5.74) is 0. The summed E-state index contributed by atoms with van der Waals surface area (Å²) in [7, 11) is 1.57. The van der Waals surface area contributed by atoms with Crippen molar-refractivity contribution < 1.29 is 22.5 Å². The SMILES string of the molecule is CN(CCc1noc(C(F)(F)F)n1)C(=O)CSc1ccncc1. The Morgan fingerprint density at radius 1 is 1.35 bits per heavy atom. The molecule has 0 saturated heterocycles. The minimum atomic E-state index is -4.66. The Bertz CT molecular complexity index is 648. The van der Waals surface area contributed by atoms with Crippen LogP contribution in [0.3, 0.4) is 0 Å². The predicted octanol–water partition coefficient (Wildman–Crippen LogP) is 2.28. The summed E-state index contributed by atoms with van der Waals surface area (Å²) in [6, 6.07) is 3.58. The summed E-state index contributed by atoms with van der Waals surface area (Å²) in [5.74, 6) is -1.39. The van der Waals surface area contributed by atoms with Gasteiger partial charge in [0.15, 0.2) is 5.82 Å². The Labute approximate surface area is 134 Å². The van der Waals surface area contributed by atoms with E-state index in [4.69, 9.17) is 0 Å². The van der Waals surface area contributed by atoms with E-state index in [1.54, 1.807) is 31.6 Å². The van der Waals surface area contributed by atoms with Crippen molar-refractivity contribution in [3.8, 4) is 0 Å². The monoisotopic (exact) mass is 346 g/mol. The lowest BCUT2D eigenvalue weighted by molar-refractivity contribution is -0.159. The number of aromatic nitrogens is 3. The number of nitrogens with zero attached hydrogens (tertiary/aromatic N) is 4. The Kier molecular flexibility index (Phi) is 5.59. The number of hydrogen-bond acceptors (Lipinski definition) is 6. The van der Waals surface area contributed by atoms with Gasteiger partial charge in [-0.1, -0.05) is 5.16 Å². The molecule has 0 aliphatic carbocycles. The molecule has 1 amide bonds. The smallest absolute Gasteiger partial charge is 0.345 e. The van der Waals surface area contributed by atoms with E-state index in [-0.39, 0.29) is 30.5 Å². The largest absolute Gasteiger partial charge is 0.471 e. The van der Waals surface area contributed by atoms with Crippen LogP contribution in [0.2, 0.25) is 0 Å². The molecule has 0 spiro atoms. The summed E-state index contributed by atoms with van der Waals surface area (Å²) in [5, 5.41) is 3.25. The van der Waals surface area contributed by atoms with Crippen molar-refractivity contribution in [3.63, 3.8) is 0 Å². The lowest BCUT2D eigenvalue weighted by Gasteiger charge is -2.15. The molecule has 0 saturated carbocycles. The molecule has 10 heteroatoms. The second kappa shape index (κ2) is 7.44. The number of carbonyl (C=O) groups excluding carboxylic acids is 1. The Morgan fingerprint density at radius 3 is 2.65 bits per heavy atom. The lowest BCUT2D eigenvalue weighted by atomic mass is 10.4. The van der Waals surface area contributed by atoms with Crippen LogP contribution in [0.25, 0.3) is 0 Å². The van der Waals surface area contributed by atoms with E-state index in [1.165, 1.54) is 16.7 Å². The number of halogens is 3. The van der Waals surface area contributed by atoms with Gasteiger partial charge in [-0.15, -0.1) is 11.8 Å². The molecule has 0 aliphatic heterocycles. The number of carbonyl (C=O) groups is 1. The number of rotatable bonds is 6. The fourth-order valence-corrected chi connectivity index (χ4v) is 2.38. The minimum absolute atomic E-state index is 0.0845. The first-order valence-corrected chi connectivity index (χ1v) is 7.51. The zero-order valence-corrected chi connectivity index (χ0v) is 12.9. The maximum absolute atomic E-state index is 12.3. The van der Waals surface area contributed by atoms with Gasteiger partial charge in [0.1, 0.15) is 0 Å². The average Bonchev–Trinajstić information content (AvgIpc) is 3.00. The van der Waals surface area contributed by atoms with Crippen molar-refractivity contribution >= 4 is 17.7 Å². The molecule has 0 unspecified atom stereocenters. The van der Waals surface area contributed by atoms with Crippen molar-refractivity contribution in [2.45, 2.75) is 17.5 Å². The molecule has 2 heterocycles. The fourth-order valence-electron chi connectivity index (χ4n) is 1.55. The number of amides is 1. The van der Waals surface area contributed by atoms with Crippen LogP contribution in [0, 0.1) is 0 Å². The van der Waals surface area contributed by atoms with Gasteiger partial charge in [0.05, 0.1) is 5.75 Å². The molecule has 2 aromatic heterocycles. The number of alkyl halides is 3. The molecule has 2 aromatic rings. The highest BCUT2D eigenvalue weighted by Gasteiger charge is 2.38. The molecule has 0 N–H and O–H groups in total. The average molecular weight is 346 g/mol. The Hall–Kier alpha value is -2.10. The summed E-state index contributed by atoms with van der Waals surface area (Å²) in [6.45, 7) is 0.201. The normalized spacial score (nSPS) is 11.5. The van der Waals surface area contributed by atoms with Gasteiger partial charge in [-0.2, -0.15) is 18.2 Å². The molecule has 0 aromatic carbocycles. The van der Waals surface area contributed by atoms with E-state index >= 15 is 0 Å². The van der Waals surface area contributed by atoms with Crippen molar-refractivity contribution in [1.29, 1.82) is 0 Å². The first-order chi connectivity index (χ1) is 10.9. The first kappa shape index (κ1) is 17.3. The van der Waals surface area contributed by atoms with E-state index in [0.29, 0.717) is 0 Å². The van der Waals surface area contributed by atoms with E-state index in [0.717, 1.165) is 4.90 Å². The van der Waals surface area contributed by atoms with E-state index < -0.39 is 12.1 Å². The van der Waals surface area contributed by atoms with Gasteiger partial charge < -0.3 is 9.42 Å². The van der Waals surface area contributed by atoms with Gasteiger partial charge >= 0.3 is 12.1 Å². The maximum atomic E-state index is 12.3. The van der Waals surface area contributed by atoms with E-state index in [2.05, 4.69) is 19.6 Å². The lowest BCUT2D eigenvalue weighted by Crippen LogP contribution is -2.30. The Balaban J connectivity index is 1.79. The van der Waals surface area contributed by atoms with Crippen LogP contribution < -0.4 is 0 Å². The number of thioether (sulfide) groups is 1. The van der Waals surface area contributed by atoms with Crippen LogP contribution in [0.1, 0.15) is 11.7 Å². The first-order valence-electron chi connectivity index (χ1n) is 6.53. The van der Waals surface area contributed by atoms with Crippen molar-refractivity contribution in [2.75, 3.05) is 19.3 Å². The van der Waals surface area contributed by atoms with Crippen LogP contribution >= 0.6 is 11.8 Å². The third kappa shape index (κ3) is 5.23. The van der Waals surface area contributed by atoms with Gasteiger partial charge in [-0.25, -0.2) is 0 Å². The maximum Gasteiger partial charge on any atom is 0.471 e. The molecule has 0 fully saturated rings. The van der Waals surface area contributed by atoms with E-state index in [9.17, 15) is 18.0 Å². The number of likely N-dealkylation sites (N-methyl/N-ethyl adjacent to an activating group) is 1. The second-order valence-electron chi connectivity index (χ2n) is 4.55. The molecular weight excluding hydrogens is 333 g/mol. The van der Waals surface area contributed by atoms with Gasteiger partial charge in [0, 0.05) is 37.3 Å². The topological polar surface area (TPSA) is 72.1 Å². The summed E-state index contributed by atoms with van der Waals surface area (Å²) < 4.78 is 41.1. The number of pyridine rings is 1. The standard InChI is InChI=1S/C13H13F3N4O2S/c1-20(11(21)8-23-9-2-5-17-6-3-9)7-4-10-18-12(22-19-10)13(14,15)16/h2-3,5-6H,4,7-8H2,1H3. The molecule has 23 heavy (non-hydrogen) atoms. The predicted molar refractivity (Wildman–Crippen MR) is 75.6 cm³/mol. The Morgan fingerprint density at radius 2 is 2.04 bits per heavy atom. The molecule has 2 rings (SSSR count). The highest BCUT2D eigenvalue weighted by atomic mass is 32.2. The summed E-state index contributed by atoms with van der Waals surface area (Å²) >= 11 is 1.36. The molecule has 6 nitrogen and oxygen atoms in total. The van der Waals surface area contributed by atoms with Crippen molar-refractivity contribution in [2.24, 2.45) is 0 Å². The van der Waals surface area contributed by atoms with Crippen molar-refractivity contribution in [1.82, 2.24) is 20.0 Å². The fraction of sp³-hybridized carbons (Fsp3) is 0.385. The van der Waals surface area contributed by atoms with Gasteiger partial charge in [0.25, 0.3) is 0 Å². The third-order valence-electron chi connectivity index (χ3n) is 2.82. The van der Waals surface area contributed by atoms with Gasteiger partial charge in [-0.3, -0.25) is 9.78 Å². The van der Waals surface area contributed by atoms with Crippen LogP contribution in [0.4, 0.5) is 13.2 Å². The quantitative estimate of drug-likeness (QED) is 0.747. The number of hydrogen-bond donors (Lipinski definition) is 0. The zero-order chi connectivity index (χ0) is 16.9.